The number of hydrogen-bond acceptors (Lipinski definition) is 4. The van der Waals surface area contributed by atoms with Gasteiger partial charge in [0.15, 0.2) is 0 Å². The molecule has 6 heteroatoms. The maximum absolute atomic E-state index is 11.0. The summed E-state index contributed by atoms with van der Waals surface area (Å²) in [5, 5.41) is 18.8. The zero-order valence-corrected chi connectivity index (χ0v) is 18.2. The molecule has 1 fully saturated rings. The average Bonchev–Trinajstić information content (AvgIpc) is 2.77. The molecule has 0 aromatic heterocycles. The lowest BCUT2D eigenvalue weighted by molar-refractivity contribution is -0.129. The molecule has 1 saturated heterocycles. The minimum atomic E-state index is -0.534. The van der Waals surface area contributed by atoms with Gasteiger partial charge in [0.2, 0.25) is 5.91 Å². The Bertz CT molecular complexity index is 759. The lowest BCUT2D eigenvalue weighted by atomic mass is 9.98. The molecule has 1 unspecified atom stereocenters. The normalized spacial score (nSPS) is 15.3. The van der Waals surface area contributed by atoms with Crippen LogP contribution in [-0.2, 0) is 11.3 Å². The largest absolute Gasteiger partial charge is 0.388 e. The summed E-state index contributed by atoms with van der Waals surface area (Å²) in [6, 6.07) is 16.8. The van der Waals surface area contributed by atoms with Crippen LogP contribution in [0.2, 0.25) is 0 Å². The van der Waals surface area contributed by atoms with E-state index in [2.05, 4.69) is 41.3 Å². The molecule has 1 amide bonds. The highest BCUT2D eigenvalue weighted by Gasteiger charge is 2.11. The first-order valence-electron chi connectivity index (χ1n) is 10.7. The summed E-state index contributed by atoms with van der Waals surface area (Å²) in [4.78, 5) is 13.5. The topological polar surface area (TPSA) is 72.8 Å². The van der Waals surface area contributed by atoms with Crippen LogP contribution in [-0.4, -0.2) is 34.2 Å². The number of aliphatic hydroxyl groups excluding tert-OH is 1. The van der Waals surface area contributed by atoms with Gasteiger partial charge in [0, 0.05) is 13.0 Å². The van der Waals surface area contributed by atoms with E-state index < -0.39 is 6.10 Å². The van der Waals surface area contributed by atoms with Gasteiger partial charge in [-0.2, -0.15) is 0 Å². The molecular formula is C24H33ClN2O3. The van der Waals surface area contributed by atoms with Crippen LogP contribution in [0.5, 0.6) is 0 Å². The molecule has 0 aliphatic carbocycles. The minimum Gasteiger partial charge on any atom is -0.388 e. The number of nitrogens with one attached hydrogen (secondary N) is 1. The average molecular weight is 433 g/mol. The number of rotatable bonds is 9. The standard InChI is InChI=1S/C24H32N2O3.ClH/c27-23(6-2-3-7-24(28)25-29)22-14-12-21(13-15-22)20-10-8-19(9-11-20)18-26-16-4-1-5-17-26;/h8-15,23,27,29H,1-7,16-18H2,(H,25,28);1H. The SMILES string of the molecule is Cl.O=C(CCCCC(O)c1ccc(-c2ccc(CN3CCCCC3)cc2)cc1)NO. The van der Waals surface area contributed by atoms with Crippen LogP contribution in [0, 0.1) is 0 Å². The number of aliphatic hydroxyl groups is 1. The first kappa shape index (κ1) is 24.4. The van der Waals surface area contributed by atoms with Gasteiger partial charge in [0.05, 0.1) is 6.10 Å². The van der Waals surface area contributed by atoms with Gasteiger partial charge in [-0.3, -0.25) is 14.9 Å². The van der Waals surface area contributed by atoms with Gasteiger partial charge in [-0.25, -0.2) is 5.48 Å². The van der Waals surface area contributed by atoms with Crippen molar-refractivity contribution in [3.05, 3.63) is 59.7 Å². The number of amides is 1. The van der Waals surface area contributed by atoms with E-state index >= 15 is 0 Å². The molecule has 1 aliphatic heterocycles. The predicted octanol–water partition coefficient (Wildman–Crippen LogP) is 4.86. The van der Waals surface area contributed by atoms with Crippen molar-refractivity contribution < 1.29 is 15.1 Å². The smallest absolute Gasteiger partial charge is 0.243 e. The molecule has 0 spiro atoms. The number of halogens is 1. The van der Waals surface area contributed by atoms with Crippen molar-refractivity contribution in [2.45, 2.75) is 57.6 Å². The molecule has 1 aliphatic rings. The fourth-order valence-electron chi connectivity index (χ4n) is 3.92. The van der Waals surface area contributed by atoms with E-state index in [4.69, 9.17) is 5.21 Å². The van der Waals surface area contributed by atoms with E-state index in [1.54, 1.807) is 5.48 Å². The molecule has 5 nitrogen and oxygen atoms in total. The van der Waals surface area contributed by atoms with Gasteiger partial charge in [0.1, 0.15) is 0 Å². The van der Waals surface area contributed by atoms with Gasteiger partial charge in [-0.05, 0) is 61.0 Å². The number of likely N-dealkylation sites (tertiary alicyclic amines) is 1. The Labute approximate surface area is 185 Å². The summed E-state index contributed by atoms with van der Waals surface area (Å²) < 4.78 is 0. The van der Waals surface area contributed by atoms with Crippen LogP contribution in [0.15, 0.2) is 48.5 Å². The molecule has 3 rings (SSSR count). The van der Waals surface area contributed by atoms with E-state index in [0.29, 0.717) is 12.8 Å². The minimum absolute atomic E-state index is 0. The van der Waals surface area contributed by atoms with Crippen LogP contribution in [0.4, 0.5) is 0 Å². The third-order valence-corrected chi connectivity index (χ3v) is 5.69. The predicted molar refractivity (Wildman–Crippen MR) is 122 cm³/mol. The zero-order chi connectivity index (χ0) is 20.5. The maximum atomic E-state index is 11.0. The summed E-state index contributed by atoms with van der Waals surface area (Å²) in [5.74, 6) is -0.384. The highest BCUT2D eigenvalue weighted by molar-refractivity contribution is 5.85. The fraction of sp³-hybridized carbons (Fsp3) is 0.458. The van der Waals surface area contributed by atoms with Crippen LogP contribution >= 0.6 is 12.4 Å². The van der Waals surface area contributed by atoms with Gasteiger partial charge in [0.25, 0.3) is 0 Å². The first-order valence-corrected chi connectivity index (χ1v) is 10.7. The Kier molecular flexibility index (Phi) is 10.3. The van der Waals surface area contributed by atoms with Crippen LogP contribution in [0.1, 0.15) is 62.2 Å². The van der Waals surface area contributed by atoms with Crippen molar-refractivity contribution in [2.24, 2.45) is 0 Å². The molecule has 164 valence electrons. The van der Waals surface area contributed by atoms with Crippen LogP contribution in [0.25, 0.3) is 11.1 Å². The van der Waals surface area contributed by atoms with Crippen molar-refractivity contribution in [2.75, 3.05) is 13.1 Å². The number of carbonyl (C=O) groups excluding carboxylic acids is 1. The molecule has 2 aromatic rings. The van der Waals surface area contributed by atoms with Gasteiger partial charge in [-0.15, -0.1) is 12.4 Å². The number of benzene rings is 2. The fourth-order valence-corrected chi connectivity index (χ4v) is 3.92. The molecule has 0 saturated carbocycles. The Morgan fingerprint density at radius 3 is 2.13 bits per heavy atom. The summed E-state index contributed by atoms with van der Waals surface area (Å²) in [6.07, 6.45) is 5.70. The first-order chi connectivity index (χ1) is 14.2. The second kappa shape index (κ2) is 12.7. The van der Waals surface area contributed by atoms with Crippen molar-refractivity contribution in [3.63, 3.8) is 0 Å². The second-order valence-electron chi connectivity index (χ2n) is 7.95. The molecule has 1 heterocycles. The summed E-state index contributed by atoms with van der Waals surface area (Å²) >= 11 is 0. The van der Waals surface area contributed by atoms with E-state index in [-0.39, 0.29) is 24.7 Å². The number of hydroxylamine groups is 1. The number of unbranched alkanes of at least 4 members (excludes halogenated alkanes) is 1. The zero-order valence-electron chi connectivity index (χ0n) is 17.4. The molecule has 1 atom stereocenters. The van der Waals surface area contributed by atoms with E-state index in [9.17, 15) is 9.90 Å². The van der Waals surface area contributed by atoms with Gasteiger partial charge >= 0.3 is 0 Å². The molecule has 2 aromatic carbocycles. The van der Waals surface area contributed by atoms with Crippen molar-refractivity contribution >= 4 is 18.3 Å². The van der Waals surface area contributed by atoms with Crippen molar-refractivity contribution in [1.29, 1.82) is 0 Å². The second-order valence-corrected chi connectivity index (χ2v) is 7.95. The van der Waals surface area contributed by atoms with Crippen molar-refractivity contribution in [1.82, 2.24) is 10.4 Å². The highest BCUT2D eigenvalue weighted by atomic mass is 35.5. The van der Waals surface area contributed by atoms with E-state index in [1.165, 1.54) is 43.5 Å². The third-order valence-electron chi connectivity index (χ3n) is 5.69. The Morgan fingerprint density at radius 1 is 0.933 bits per heavy atom. The number of hydrogen-bond donors (Lipinski definition) is 3. The monoisotopic (exact) mass is 432 g/mol. The molecule has 0 bridgehead atoms. The number of nitrogens with zero attached hydrogens (tertiary/aromatic N) is 1. The molecule has 30 heavy (non-hydrogen) atoms. The third kappa shape index (κ3) is 7.40. The lowest BCUT2D eigenvalue weighted by Crippen LogP contribution is -2.28. The van der Waals surface area contributed by atoms with E-state index in [1.807, 2.05) is 12.1 Å². The maximum Gasteiger partial charge on any atom is 0.243 e. The van der Waals surface area contributed by atoms with Gasteiger partial charge < -0.3 is 5.11 Å². The summed E-state index contributed by atoms with van der Waals surface area (Å²) in [6.45, 7) is 3.45. The highest BCUT2D eigenvalue weighted by Crippen LogP contribution is 2.25. The quantitative estimate of drug-likeness (QED) is 0.300. The Balaban J connectivity index is 0.00000320. The summed E-state index contributed by atoms with van der Waals surface area (Å²) in [5.41, 5.74) is 6.20. The van der Waals surface area contributed by atoms with E-state index in [0.717, 1.165) is 24.1 Å². The van der Waals surface area contributed by atoms with Crippen LogP contribution < -0.4 is 5.48 Å². The number of carbonyl (C=O) groups is 1. The van der Waals surface area contributed by atoms with Crippen LogP contribution in [0.3, 0.4) is 0 Å². The lowest BCUT2D eigenvalue weighted by Gasteiger charge is -2.26. The number of piperidine rings is 1. The molecular weight excluding hydrogens is 400 g/mol. The Morgan fingerprint density at radius 2 is 1.53 bits per heavy atom. The molecule has 3 N–H and O–H groups in total. The Hall–Kier alpha value is -1.92. The van der Waals surface area contributed by atoms with Crippen molar-refractivity contribution in [3.8, 4) is 11.1 Å². The summed E-state index contributed by atoms with van der Waals surface area (Å²) in [7, 11) is 0. The molecule has 0 radical (unpaired) electrons. The van der Waals surface area contributed by atoms with Gasteiger partial charge in [-0.1, -0.05) is 61.4 Å².